The van der Waals surface area contributed by atoms with Gasteiger partial charge in [0.25, 0.3) is 0 Å². The van der Waals surface area contributed by atoms with E-state index in [2.05, 4.69) is 59.1 Å². The maximum Gasteiger partial charge on any atom is 0.188 e. The van der Waals surface area contributed by atoms with E-state index in [1.54, 1.807) is 0 Å². The van der Waals surface area contributed by atoms with Gasteiger partial charge in [0.05, 0.1) is 0 Å². The van der Waals surface area contributed by atoms with Crippen molar-refractivity contribution < 1.29 is 0 Å². The molecule has 136 valence electrons. The van der Waals surface area contributed by atoms with Gasteiger partial charge in [-0.15, -0.1) is 24.0 Å². The monoisotopic (exact) mass is 445 g/mol. The van der Waals surface area contributed by atoms with Gasteiger partial charge in [-0.3, -0.25) is 9.89 Å². The van der Waals surface area contributed by atoms with Crippen molar-refractivity contribution in [2.45, 2.75) is 27.2 Å². The zero-order valence-corrected chi connectivity index (χ0v) is 17.5. The summed E-state index contributed by atoms with van der Waals surface area (Å²) in [4.78, 5) is 9.24. The molecule has 1 fully saturated rings. The Bertz CT molecular complexity index is 524. The van der Waals surface area contributed by atoms with Crippen LogP contribution in [0.3, 0.4) is 0 Å². The zero-order chi connectivity index (χ0) is 16.7. The number of hydrogen-bond acceptors (Lipinski definition) is 3. The molecule has 24 heavy (non-hydrogen) atoms. The lowest BCUT2D eigenvalue weighted by Crippen LogP contribution is -2.49. The lowest BCUT2D eigenvalue weighted by atomic mass is 10.1. The van der Waals surface area contributed by atoms with E-state index in [1.807, 2.05) is 0 Å². The van der Waals surface area contributed by atoms with Gasteiger partial charge in [0.15, 0.2) is 5.96 Å². The van der Waals surface area contributed by atoms with Gasteiger partial charge in [-0.1, -0.05) is 19.1 Å². The number of aliphatic imine (C=N–C) groups is 1. The molecule has 0 spiro atoms. The molecule has 1 heterocycles. The number of guanidine groups is 1. The summed E-state index contributed by atoms with van der Waals surface area (Å²) in [6.07, 6.45) is 1.03. The van der Waals surface area contributed by atoms with E-state index >= 15 is 0 Å². The molecule has 0 aliphatic carbocycles. The maximum atomic E-state index is 5.82. The highest BCUT2D eigenvalue weighted by atomic mass is 127. The minimum absolute atomic E-state index is 0. The lowest BCUT2D eigenvalue weighted by Gasteiger charge is -2.37. The molecule has 1 aliphatic heterocycles. The Morgan fingerprint density at radius 1 is 1.21 bits per heavy atom. The Labute approximate surface area is 163 Å². The molecule has 2 rings (SSSR count). The van der Waals surface area contributed by atoms with E-state index in [-0.39, 0.29) is 24.0 Å². The van der Waals surface area contributed by atoms with Crippen molar-refractivity contribution >= 4 is 35.6 Å². The molecular weight excluding hydrogens is 413 g/mol. The fourth-order valence-corrected chi connectivity index (χ4v) is 2.92. The molecule has 0 atom stereocenters. The molecule has 1 saturated heterocycles. The van der Waals surface area contributed by atoms with Crippen LogP contribution in [-0.4, -0.2) is 56.7 Å². The first-order valence-electron chi connectivity index (χ1n) is 8.69. The number of benzene rings is 1. The van der Waals surface area contributed by atoms with Crippen LogP contribution in [0.2, 0.25) is 0 Å². The molecule has 1 aromatic carbocycles. The molecule has 3 N–H and O–H groups in total. The van der Waals surface area contributed by atoms with Crippen molar-refractivity contribution in [1.82, 2.24) is 10.2 Å². The molecule has 1 aliphatic rings. The number of anilines is 1. The van der Waals surface area contributed by atoms with E-state index in [1.165, 1.54) is 16.8 Å². The van der Waals surface area contributed by atoms with Gasteiger partial charge < -0.3 is 16.0 Å². The second-order valence-corrected chi connectivity index (χ2v) is 6.24. The first kappa shape index (κ1) is 21.0. The van der Waals surface area contributed by atoms with Crippen LogP contribution < -0.4 is 16.0 Å². The highest BCUT2D eigenvalue weighted by molar-refractivity contribution is 14.0. The Kier molecular flexibility index (Phi) is 9.43. The minimum Gasteiger partial charge on any atom is -0.370 e. The van der Waals surface area contributed by atoms with Crippen molar-refractivity contribution in [3.05, 3.63) is 29.3 Å². The van der Waals surface area contributed by atoms with Crippen LogP contribution in [0.4, 0.5) is 5.69 Å². The Morgan fingerprint density at radius 3 is 2.58 bits per heavy atom. The largest absolute Gasteiger partial charge is 0.370 e. The number of halogens is 1. The SMILES string of the molecule is CCCN=C(N)NCCN1CCN(c2cccc(C)c2C)CC1.I. The van der Waals surface area contributed by atoms with Gasteiger partial charge in [-0.05, 0) is 37.5 Å². The summed E-state index contributed by atoms with van der Waals surface area (Å²) in [5.74, 6) is 0.570. The molecule has 0 aromatic heterocycles. The van der Waals surface area contributed by atoms with Crippen LogP contribution in [0.1, 0.15) is 24.5 Å². The Balaban J connectivity index is 0.00000288. The third-order valence-electron chi connectivity index (χ3n) is 4.53. The van der Waals surface area contributed by atoms with E-state index in [4.69, 9.17) is 5.73 Å². The first-order chi connectivity index (χ1) is 11.1. The van der Waals surface area contributed by atoms with Gasteiger partial charge in [-0.25, -0.2) is 0 Å². The van der Waals surface area contributed by atoms with Crippen LogP contribution in [0.25, 0.3) is 0 Å². The highest BCUT2D eigenvalue weighted by Crippen LogP contribution is 2.23. The summed E-state index contributed by atoms with van der Waals surface area (Å²) in [5.41, 5.74) is 9.98. The fraction of sp³-hybridized carbons (Fsp3) is 0.611. The number of rotatable bonds is 6. The van der Waals surface area contributed by atoms with E-state index in [0.29, 0.717) is 5.96 Å². The van der Waals surface area contributed by atoms with Crippen molar-refractivity contribution in [3.8, 4) is 0 Å². The first-order valence-corrected chi connectivity index (χ1v) is 8.69. The summed E-state index contributed by atoms with van der Waals surface area (Å²) >= 11 is 0. The zero-order valence-electron chi connectivity index (χ0n) is 15.2. The maximum absolute atomic E-state index is 5.82. The fourth-order valence-electron chi connectivity index (χ4n) is 2.92. The van der Waals surface area contributed by atoms with Crippen molar-refractivity contribution in [2.24, 2.45) is 10.7 Å². The second kappa shape index (κ2) is 10.8. The van der Waals surface area contributed by atoms with Gasteiger partial charge in [0, 0.05) is 51.5 Å². The number of hydrogen-bond donors (Lipinski definition) is 2. The molecule has 6 heteroatoms. The molecule has 0 amide bonds. The lowest BCUT2D eigenvalue weighted by molar-refractivity contribution is 0.261. The Hall–Kier alpha value is -1.02. The van der Waals surface area contributed by atoms with Crippen LogP contribution in [-0.2, 0) is 0 Å². The van der Waals surface area contributed by atoms with Crippen LogP contribution in [0.15, 0.2) is 23.2 Å². The predicted octanol–water partition coefficient (Wildman–Crippen LogP) is 2.36. The molecular formula is C18H32IN5. The second-order valence-electron chi connectivity index (χ2n) is 6.24. The van der Waals surface area contributed by atoms with Gasteiger partial charge in [0.2, 0.25) is 0 Å². The quantitative estimate of drug-likeness (QED) is 0.401. The molecule has 0 radical (unpaired) electrons. The standard InChI is InChI=1S/C18H31N5.HI/c1-4-8-20-18(19)21-9-10-22-11-13-23(14-12-22)17-7-5-6-15(2)16(17)3;/h5-7H,4,8-14H2,1-3H3,(H3,19,20,21);1H. The summed E-state index contributed by atoms with van der Waals surface area (Å²) in [5, 5.41) is 3.20. The van der Waals surface area contributed by atoms with E-state index in [9.17, 15) is 0 Å². The van der Waals surface area contributed by atoms with Crippen molar-refractivity contribution in [2.75, 3.05) is 50.7 Å². The average Bonchev–Trinajstić information content (AvgIpc) is 2.56. The molecule has 1 aromatic rings. The third kappa shape index (κ3) is 6.12. The summed E-state index contributed by atoms with van der Waals surface area (Å²) in [6.45, 7) is 13.6. The number of nitrogens with zero attached hydrogens (tertiary/aromatic N) is 3. The number of nitrogens with two attached hydrogens (primary N) is 1. The van der Waals surface area contributed by atoms with Gasteiger partial charge in [-0.2, -0.15) is 0 Å². The van der Waals surface area contributed by atoms with Crippen LogP contribution >= 0.6 is 24.0 Å². The van der Waals surface area contributed by atoms with Crippen LogP contribution in [0.5, 0.6) is 0 Å². The molecule has 0 unspecified atom stereocenters. The normalized spacial score (nSPS) is 16.0. The number of piperazine rings is 1. The predicted molar refractivity (Wildman–Crippen MR) is 115 cm³/mol. The van der Waals surface area contributed by atoms with Crippen molar-refractivity contribution in [3.63, 3.8) is 0 Å². The molecule has 0 saturated carbocycles. The van der Waals surface area contributed by atoms with Crippen molar-refractivity contribution in [1.29, 1.82) is 0 Å². The number of aryl methyl sites for hydroxylation is 1. The third-order valence-corrected chi connectivity index (χ3v) is 4.53. The number of nitrogens with one attached hydrogen (secondary N) is 1. The summed E-state index contributed by atoms with van der Waals surface area (Å²) < 4.78 is 0. The Morgan fingerprint density at radius 2 is 1.92 bits per heavy atom. The topological polar surface area (TPSA) is 56.9 Å². The highest BCUT2D eigenvalue weighted by Gasteiger charge is 2.18. The summed E-state index contributed by atoms with van der Waals surface area (Å²) in [6, 6.07) is 6.59. The van der Waals surface area contributed by atoms with E-state index in [0.717, 1.165) is 52.2 Å². The van der Waals surface area contributed by atoms with Gasteiger partial charge in [0.1, 0.15) is 0 Å². The molecule has 5 nitrogen and oxygen atoms in total. The summed E-state index contributed by atoms with van der Waals surface area (Å²) in [7, 11) is 0. The smallest absolute Gasteiger partial charge is 0.188 e. The van der Waals surface area contributed by atoms with E-state index < -0.39 is 0 Å². The average molecular weight is 445 g/mol. The molecule has 0 bridgehead atoms. The van der Waals surface area contributed by atoms with Crippen LogP contribution in [0, 0.1) is 13.8 Å². The minimum atomic E-state index is 0. The van der Waals surface area contributed by atoms with Gasteiger partial charge >= 0.3 is 0 Å².